The number of fused-ring (bicyclic) bond motifs is 1. The van der Waals surface area contributed by atoms with Gasteiger partial charge in [0, 0.05) is 39.0 Å². The summed E-state index contributed by atoms with van der Waals surface area (Å²) in [7, 11) is 1.89. The molecule has 4 nitrogen and oxygen atoms in total. The van der Waals surface area contributed by atoms with E-state index in [1.165, 1.54) is 17.2 Å². The molecule has 0 bridgehead atoms. The second-order valence-electron chi connectivity index (χ2n) is 5.06. The molecule has 1 atom stereocenters. The molecule has 0 saturated heterocycles. The zero-order valence-corrected chi connectivity index (χ0v) is 11.8. The highest BCUT2D eigenvalue weighted by molar-refractivity contribution is 7.12. The van der Waals surface area contributed by atoms with E-state index in [0.717, 1.165) is 30.8 Å². The molecule has 1 aliphatic heterocycles. The molecule has 0 fully saturated rings. The van der Waals surface area contributed by atoms with Gasteiger partial charge in [0.25, 0.3) is 5.91 Å². The maximum absolute atomic E-state index is 12.2. The molecule has 1 amide bonds. The van der Waals surface area contributed by atoms with Gasteiger partial charge in [0.15, 0.2) is 0 Å². The second kappa shape index (κ2) is 5.17. The normalized spacial score (nSPS) is 18.1. The number of aryl methyl sites for hydroxylation is 1. The van der Waals surface area contributed by atoms with Crippen LogP contribution in [0.3, 0.4) is 0 Å². The number of nitrogens with zero attached hydrogens (tertiary/aromatic N) is 3. The largest absolute Gasteiger partial charge is 0.341 e. The van der Waals surface area contributed by atoms with Crippen molar-refractivity contribution in [2.45, 2.75) is 19.4 Å². The van der Waals surface area contributed by atoms with E-state index >= 15 is 0 Å². The van der Waals surface area contributed by atoms with Crippen LogP contribution in [0.15, 0.2) is 29.9 Å². The van der Waals surface area contributed by atoms with Crippen LogP contribution in [0, 0.1) is 5.92 Å². The minimum absolute atomic E-state index is 0.131. The first kappa shape index (κ1) is 12.4. The first-order valence-electron chi connectivity index (χ1n) is 6.53. The predicted octanol–water partition coefficient (Wildman–Crippen LogP) is 2.28. The van der Waals surface area contributed by atoms with Gasteiger partial charge < -0.3 is 9.47 Å². The molecule has 2 aromatic rings. The Labute approximate surface area is 116 Å². The first-order chi connectivity index (χ1) is 9.24. The number of rotatable bonds is 3. The topological polar surface area (TPSA) is 38.1 Å². The molecule has 0 saturated carbocycles. The van der Waals surface area contributed by atoms with Gasteiger partial charge in [0.2, 0.25) is 0 Å². The number of aromatic nitrogens is 2. The summed E-state index contributed by atoms with van der Waals surface area (Å²) in [6.07, 6.45) is 6.01. The number of imidazole rings is 1. The number of thiophene rings is 1. The molecule has 1 unspecified atom stereocenters. The molecule has 0 radical (unpaired) electrons. The molecule has 0 aliphatic carbocycles. The number of hydrogen-bond donors (Lipinski definition) is 0. The highest BCUT2D eigenvalue weighted by atomic mass is 32.1. The number of carbonyl (C=O) groups excluding carboxylic acids is 1. The summed E-state index contributed by atoms with van der Waals surface area (Å²) >= 11 is 1.50. The summed E-state index contributed by atoms with van der Waals surface area (Å²) in [5.41, 5.74) is 0. The van der Waals surface area contributed by atoms with E-state index in [4.69, 9.17) is 0 Å². The van der Waals surface area contributed by atoms with Crippen LogP contribution in [0.1, 0.15) is 21.9 Å². The van der Waals surface area contributed by atoms with Crippen LogP contribution >= 0.6 is 11.3 Å². The second-order valence-corrected chi connectivity index (χ2v) is 6.01. The van der Waals surface area contributed by atoms with Crippen LogP contribution in [0.25, 0.3) is 0 Å². The lowest BCUT2D eigenvalue weighted by Gasteiger charge is -2.28. The van der Waals surface area contributed by atoms with Crippen LogP contribution in [-0.4, -0.2) is 34.0 Å². The van der Waals surface area contributed by atoms with E-state index in [1.54, 1.807) is 0 Å². The Morgan fingerprint density at radius 2 is 2.53 bits per heavy atom. The number of carbonyl (C=O) groups is 1. The molecule has 3 heterocycles. The molecule has 1 aliphatic rings. The Hall–Kier alpha value is -1.62. The van der Waals surface area contributed by atoms with Gasteiger partial charge in [0.1, 0.15) is 5.82 Å². The van der Waals surface area contributed by atoms with E-state index in [-0.39, 0.29) is 5.91 Å². The molecule has 100 valence electrons. The number of hydrogen-bond acceptors (Lipinski definition) is 3. The molecule has 0 N–H and O–H groups in total. The minimum atomic E-state index is 0.131. The molecule has 2 aromatic heterocycles. The highest BCUT2D eigenvalue weighted by Gasteiger charge is 2.22. The van der Waals surface area contributed by atoms with E-state index in [2.05, 4.69) is 9.55 Å². The fourth-order valence-corrected chi connectivity index (χ4v) is 3.36. The standard InChI is InChI=1S/C14H17N3OS/c1-16(14(18)12-3-2-8-19-12)9-11-4-5-13-15-6-7-17(13)10-11/h2-3,6-8,11H,4-5,9-10H2,1H3. The van der Waals surface area contributed by atoms with Gasteiger partial charge in [-0.2, -0.15) is 0 Å². The van der Waals surface area contributed by atoms with Crippen molar-refractivity contribution in [1.29, 1.82) is 0 Å². The van der Waals surface area contributed by atoms with Crippen molar-refractivity contribution in [2.75, 3.05) is 13.6 Å². The Balaban J connectivity index is 1.62. The van der Waals surface area contributed by atoms with Crippen molar-refractivity contribution in [3.05, 3.63) is 40.6 Å². The van der Waals surface area contributed by atoms with E-state index in [1.807, 2.05) is 41.9 Å². The Morgan fingerprint density at radius 1 is 1.63 bits per heavy atom. The lowest BCUT2D eigenvalue weighted by Crippen LogP contribution is -2.35. The Kier molecular flexibility index (Phi) is 3.38. The molecule has 0 aromatic carbocycles. The molecule has 0 spiro atoms. The quantitative estimate of drug-likeness (QED) is 0.862. The maximum atomic E-state index is 12.2. The summed E-state index contributed by atoms with van der Waals surface area (Å²) in [4.78, 5) is 19.2. The first-order valence-corrected chi connectivity index (χ1v) is 7.41. The van der Waals surface area contributed by atoms with Gasteiger partial charge in [0.05, 0.1) is 4.88 Å². The average Bonchev–Trinajstić information content (AvgIpc) is 3.08. The van der Waals surface area contributed by atoms with Crippen LogP contribution in [0.2, 0.25) is 0 Å². The smallest absolute Gasteiger partial charge is 0.263 e. The van der Waals surface area contributed by atoms with Crippen molar-refractivity contribution < 1.29 is 4.79 Å². The summed E-state index contributed by atoms with van der Waals surface area (Å²) in [6, 6.07) is 3.81. The van der Waals surface area contributed by atoms with E-state index in [9.17, 15) is 4.79 Å². The van der Waals surface area contributed by atoms with Crippen LogP contribution < -0.4 is 0 Å². The van der Waals surface area contributed by atoms with E-state index < -0.39 is 0 Å². The molecule has 5 heteroatoms. The van der Waals surface area contributed by atoms with Gasteiger partial charge in [-0.05, 0) is 23.8 Å². The summed E-state index contributed by atoms with van der Waals surface area (Å²) < 4.78 is 2.21. The van der Waals surface area contributed by atoms with Crippen LogP contribution in [-0.2, 0) is 13.0 Å². The zero-order valence-electron chi connectivity index (χ0n) is 11.0. The van der Waals surface area contributed by atoms with Crippen molar-refractivity contribution in [1.82, 2.24) is 14.5 Å². The lowest BCUT2D eigenvalue weighted by atomic mass is 9.99. The molecular formula is C14H17N3OS. The van der Waals surface area contributed by atoms with Gasteiger partial charge in [-0.15, -0.1) is 11.3 Å². The van der Waals surface area contributed by atoms with Gasteiger partial charge in [-0.3, -0.25) is 4.79 Å². The van der Waals surface area contributed by atoms with Gasteiger partial charge >= 0.3 is 0 Å². The fraction of sp³-hybridized carbons (Fsp3) is 0.429. The summed E-state index contributed by atoms with van der Waals surface area (Å²) in [6.45, 7) is 1.78. The van der Waals surface area contributed by atoms with Crippen LogP contribution in [0.4, 0.5) is 0 Å². The van der Waals surface area contributed by atoms with Crippen molar-refractivity contribution in [2.24, 2.45) is 5.92 Å². The SMILES string of the molecule is CN(CC1CCc2nccn2C1)C(=O)c1cccs1. The van der Waals surface area contributed by atoms with Crippen molar-refractivity contribution >= 4 is 17.2 Å². The molecular weight excluding hydrogens is 258 g/mol. The van der Waals surface area contributed by atoms with Gasteiger partial charge in [-0.1, -0.05) is 6.07 Å². The van der Waals surface area contributed by atoms with E-state index in [0.29, 0.717) is 5.92 Å². The molecule has 3 rings (SSSR count). The Bertz CT molecular complexity index is 561. The monoisotopic (exact) mass is 275 g/mol. The Morgan fingerprint density at radius 3 is 3.32 bits per heavy atom. The van der Waals surface area contributed by atoms with Gasteiger partial charge in [-0.25, -0.2) is 4.98 Å². The third-order valence-corrected chi connectivity index (χ3v) is 4.50. The zero-order chi connectivity index (χ0) is 13.2. The summed E-state index contributed by atoms with van der Waals surface area (Å²) in [5.74, 6) is 1.82. The fourth-order valence-electron chi connectivity index (χ4n) is 2.64. The third kappa shape index (κ3) is 2.56. The van der Waals surface area contributed by atoms with Crippen molar-refractivity contribution in [3.63, 3.8) is 0 Å². The van der Waals surface area contributed by atoms with Crippen molar-refractivity contribution in [3.8, 4) is 0 Å². The average molecular weight is 275 g/mol. The minimum Gasteiger partial charge on any atom is -0.341 e. The highest BCUT2D eigenvalue weighted by Crippen LogP contribution is 2.20. The lowest BCUT2D eigenvalue weighted by molar-refractivity contribution is 0.0765. The summed E-state index contributed by atoms with van der Waals surface area (Å²) in [5, 5.41) is 1.94. The maximum Gasteiger partial charge on any atom is 0.263 e. The number of amides is 1. The third-order valence-electron chi connectivity index (χ3n) is 3.64. The van der Waals surface area contributed by atoms with Crippen LogP contribution in [0.5, 0.6) is 0 Å². The predicted molar refractivity (Wildman–Crippen MR) is 75.3 cm³/mol. The molecule has 19 heavy (non-hydrogen) atoms.